The lowest BCUT2D eigenvalue weighted by molar-refractivity contribution is -0.167. The van der Waals surface area contributed by atoms with Crippen molar-refractivity contribution in [2.45, 2.75) is 297 Å². The van der Waals surface area contributed by atoms with Gasteiger partial charge in [-0.3, -0.25) is 14.4 Å². The van der Waals surface area contributed by atoms with Crippen LogP contribution in [0.4, 0.5) is 0 Å². The van der Waals surface area contributed by atoms with Crippen LogP contribution in [0.25, 0.3) is 0 Å². The third-order valence-corrected chi connectivity index (χ3v) is 12.9. The molecule has 0 rings (SSSR count). The van der Waals surface area contributed by atoms with E-state index in [0.29, 0.717) is 19.3 Å². The lowest BCUT2D eigenvalue weighted by Crippen LogP contribution is -2.30. The molecule has 0 saturated heterocycles. The van der Waals surface area contributed by atoms with Crippen molar-refractivity contribution >= 4 is 17.9 Å². The van der Waals surface area contributed by atoms with Crippen LogP contribution in [0.15, 0.2) is 85.1 Å². The second-order valence-electron chi connectivity index (χ2n) is 19.9. The molecule has 0 aliphatic carbocycles. The molecule has 0 spiro atoms. The molecule has 0 amide bonds. The first-order valence-electron chi connectivity index (χ1n) is 30.1. The van der Waals surface area contributed by atoms with Gasteiger partial charge >= 0.3 is 17.9 Å². The van der Waals surface area contributed by atoms with E-state index in [1.165, 1.54) is 141 Å². The Hall–Kier alpha value is -3.41. The Balaban J connectivity index is 4.19. The molecule has 1 atom stereocenters. The highest BCUT2D eigenvalue weighted by Gasteiger charge is 2.19. The van der Waals surface area contributed by atoms with E-state index in [-0.39, 0.29) is 31.1 Å². The normalized spacial score (nSPS) is 12.7. The summed E-state index contributed by atoms with van der Waals surface area (Å²) in [4.78, 5) is 38.1. The van der Waals surface area contributed by atoms with E-state index in [2.05, 4.69) is 106 Å². The van der Waals surface area contributed by atoms with Gasteiger partial charge in [0.05, 0.1) is 0 Å². The topological polar surface area (TPSA) is 78.9 Å². The third-order valence-electron chi connectivity index (χ3n) is 12.9. The molecular formula is C65H112O6. The minimum atomic E-state index is -0.779. The van der Waals surface area contributed by atoms with Gasteiger partial charge < -0.3 is 14.2 Å². The highest BCUT2D eigenvalue weighted by Crippen LogP contribution is 2.16. The first kappa shape index (κ1) is 67.6. The summed E-state index contributed by atoms with van der Waals surface area (Å²) in [5.74, 6) is -0.882. The lowest BCUT2D eigenvalue weighted by atomic mass is 10.0. The van der Waals surface area contributed by atoms with Crippen molar-refractivity contribution < 1.29 is 28.6 Å². The Labute approximate surface area is 439 Å². The van der Waals surface area contributed by atoms with Gasteiger partial charge in [0.15, 0.2) is 6.10 Å². The number of rotatable bonds is 54. The maximum absolute atomic E-state index is 12.8. The number of unbranched alkanes of at least 4 members (excludes halogenated alkanes) is 29. The van der Waals surface area contributed by atoms with Gasteiger partial charge in [0.2, 0.25) is 0 Å². The summed E-state index contributed by atoms with van der Waals surface area (Å²) >= 11 is 0. The Morgan fingerprint density at radius 1 is 0.296 bits per heavy atom. The molecule has 71 heavy (non-hydrogen) atoms. The standard InChI is InChI=1S/C65H112O6/c1-4-7-10-13-16-19-21-23-25-27-28-29-30-31-32-33-34-35-36-38-39-41-43-46-49-52-55-58-64(67)70-61-62(60-69-63(66)57-54-51-48-45-18-15-12-9-6-3)71-65(68)59-56-53-50-47-44-42-40-37-26-24-22-20-17-14-11-8-5-2/h7-8,10-11,16-17,19-20,23-26,28-29,62H,4-6,9,12-15,18,21-22,27,30-61H2,1-3H3/b10-7-,11-8-,19-16-,20-17-,25-23-,26-24-,29-28-. The van der Waals surface area contributed by atoms with Crippen LogP contribution in [-0.4, -0.2) is 37.2 Å². The molecule has 0 aliphatic heterocycles. The summed E-state index contributed by atoms with van der Waals surface area (Å²) < 4.78 is 16.8. The van der Waals surface area contributed by atoms with Gasteiger partial charge in [-0.05, 0) is 89.9 Å². The molecule has 0 fully saturated rings. The minimum absolute atomic E-state index is 0.0778. The van der Waals surface area contributed by atoms with Crippen molar-refractivity contribution in [1.29, 1.82) is 0 Å². The molecule has 1 unspecified atom stereocenters. The molecule has 0 N–H and O–H groups in total. The molecular weight excluding hydrogens is 877 g/mol. The highest BCUT2D eigenvalue weighted by molar-refractivity contribution is 5.71. The maximum Gasteiger partial charge on any atom is 0.306 e. The monoisotopic (exact) mass is 989 g/mol. The Kier molecular flexibility index (Phi) is 56.3. The molecule has 0 aromatic carbocycles. The Morgan fingerprint density at radius 3 is 0.859 bits per heavy atom. The van der Waals surface area contributed by atoms with E-state index in [1.54, 1.807) is 0 Å². The first-order valence-corrected chi connectivity index (χ1v) is 30.1. The van der Waals surface area contributed by atoms with Crippen molar-refractivity contribution in [3.05, 3.63) is 85.1 Å². The van der Waals surface area contributed by atoms with Gasteiger partial charge in [0.1, 0.15) is 13.2 Å². The van der Waals surface area contributed by atoms with E-state index < -0.39 is 6.10 Å². The smallest absolute Gasteiger partial charge is 0.306 e. The number of hydrogen-bond acceptors (Lipinski definition) is 6. The largest absolute Gasteiger partial charge is 0.462 e. The van der Waals surface area contributed by atoms with Crippen molar-refractivity contribution in [2.75, 3.05) is 13.2 Å². The SMILES string of the molecule is CC/C=C\C/C=C\C/C=C\C/C=C\CCCCCCCCCCCCCCCCC(=O)OCC(COC(=O)CCCCCCCCCCC)OC(=O)CCCCCCCCC/C=C\C/C=C\C/C=C\CC. The molecule has 6 nitrogen and oxygen atoms in total. The van der Waals surface area contributed by atoms with E-state index in [9.17, 15) is 14.4 Å². The van der Waals surface area contributed by atoms with E-state index in [0.717, 1.165) is 109 Å². The molecule has 0 aromatic heterocycles. The molecule has 0 aliphatic rings. The molecule has 6 heteroatoms. The van der Waals surface area contributed by atoms with Gasteiger partial charge in [-0.15, -0.1) is 0 Å². The fourth-order valence-corrected chi connectivity index (χ4v) is 8.45. The molecule has 0 aromatic rings. The number of carbonyl (C=O) groups is 3. The molecule has 408 valence electrons. The second-order valence-corrected chi connectivity index (χ2v) is 19.9. The van der Waals surface area contributed by atoms with Crippen LogP contribution >= 0.6 is 0 Å². The van der Waals surface area contributed by atoms with E-state index in [1.807, 2.05) is 0 Å². The Morgan fingerprint density at radius 2 is 0.549 bits per heavy atom. The van der Waals surface area contributed by atoms with Gasteiger partial charge in [0.25, 0.3) is 0 Å². The Bertz CT molecular complexity index is 1370. The van der Waals surface area contributed by atoms with Gasteiger partial charge in [-0.2, -0.15) is 0 Å². The minimum Gasteiger partial charge on any atom is -0.462 e. The zero-order valence-corrected chi connectivity index (χ0v) is 46.7. The average molecular weight is 990 g/mol. The van der Waals surface area contributed by atoms with Gasteiger partial charge in [0, 0.05) is 19.3 Å². The summed E-state index contributed by atoms with van der Waals surface area (Å²) in [5, 5.41) is 0. The molecule has 0 heterocycles. The van der Waals surface area contributed by atoms with Crippen LogP contribution in [0.3, 0.4) is 0 Å². The van der Waals surface area contributed by atoms with Crippen molar-refractivity contribution in [3.63, 3.8) is 0 Å². The number of hydrogen-bond donors (Lipinski definition) is 0. The first-order chi connectivity index (χ1) is 35.0. The number of carbonyl (C=O) groups excluding carboxylic acids is 3. The number of ether oxygens (including phenoxy) is 3. The van der Waals surface area contributed by atoms with Crippen LogP contribution in [0.5, 0.6) is 0 Å². The average Bonchev–Trinajstić information content (AvgIpc) is 3.37. The quantitative estimate of drug-likeness (QED) is 0.0261. The van der Waals surface area contributed by atoms with Crippen LogP contribution < -0.4 is 0 Å². The third kappa shape index (κ3) is 57.4. The summed E-state index contributed by atoms with van der Waals surface area (Å²) in [6, 6.07) is 0. The summed E-state index contributed by atoms with van der Waals surface area (Å²) in [7, 11) is 0. The predicted octanol–water partition coefficient (Wildman–Crippen LogP) is 20.3. The molecule has 0 saturated carbocycles. The van der Waals surface area contributed by atoms with Crippen molar-refractivity contribution in [3.8, 4) is 0 Å². The number of allylic oxidation sites excluding steroid dienone is 14. The fourth-order valence-electron chi connectivity index (χ4n) is 8.45. The number of esters is 3. The predicted molar refractivity (Wildman–Crippen MR) is 307 cm³/mol. The summed E-state index contributed by atoms with van der Waals surface area (Å²) in [6.45, 7) is 6.41. The summed E-state index contributed by atoms with van der Waals surface area (Å²) in [5.41, 5.74) is 0. The van der Waals surface area contributed by atoms with Crippen LogP contribution in [-0.2, 0) is 28.6 Å². The zero-order chi connectivity index (χ0) is 51.4. The summed E-state index contributed by atoms with van der Waals surface area (Å²) in [6.07, 6.45) is 77.4. The van der Waals surface area contributed by atoms with Crippen LogP contribution in [0.2, 0.25) is 0 Å². The second kappa shape index (κ2) is 59.2. The van der Waals surface area contributed by atoms with Crippen molar-refractivity contribution in [1.82, 2.24) is 0 Å². The van der Waals surface area contributed by atoms with Gasteiger partial charge in [-0.1, -0.05) is 266 Å². The highest BCUT2D eigenvalue weighted by atomic mass is 16.6. The molecule has 0 radical (unpaired) electrons. The molecule has 0 bridgehead atoms. The lowest BCUT2D eigenvalue weighted by Gasteiger charge is -2.18. The van der Waals surface area contributed by atoms with Crippen LogP contribution in [0, 0.1) is 0 Å². The van der Waals surface area contributed by atoms with Gasteiger partial charge in [-0.25, -0.2) is 0 Å². The van der Waals surface area contributed by atoms with E-state index in [4.69, 9.17) is 14.2 Å². The van der Waals surface area contributed by atoms with Crippen LogP contribution in [0.1, 0.15) is 290 Å². The van der Waals surface area contributed by atoms with Crippen molar-refractivity contribution in [2.24, 2.45) is 0 Å². The maximum atomic E-state index is 12.8. The van der Waals surface area contributed by atoms with E-state index >= 15 is 0 Å². The fraction of sp³-hybridized carbons (Fsp3) is 0.738. The zero-order valence-electron chi connectivity index (χ0n) is 46.7.